The van der Waals surface area contributed by atoms with Gasteiger partial charge in [-0.15, -0.1) is 0 Å². The molecule has 0 saturated carbocycles. The number of carbonyl (C=O) groups is 1. The topological polar surface area (TPSA) is 61.9 Å². The van der Waals surface area contributed by atoms with Crippen LogP contribution in [0.5, 0.6) is 0 Å². The van der Waals surface area contributed by atoms with Crippen LogP contribution >= 0.6 is 11.6 Å². The number of amides is 1. The van der Waals surface area contributed by atoms with Gasteiger partial charge in [-0.05, 0) is 35.4 Å². The summed E-state index contributed by atoms with van der Waals surface area (Å²) in [7, 11) is 0. The van der Waals surface area contributed by atoms with Gasteiger partial charge in [0.1, 0.15) is 6.04 Å². The van der Waals surface area contributed by atoms with E-state index in [1.54, 1.807) is 24.7 Å². The quantitative estimate of drug-likeness (QED) is 0.716. The summed E-state index contributed by atoms with van der Waals surface area (Å²) >= 11 is 5.95. The molecule has 2 heterocycles. The number of halogens is 1. The van der Waals surface area contributed by atoms with Crippen molar-refractivity contribution < 1.29 is 4.79 Å². The van der Waals surface area contributed by atoms with Gasteiger partial charge in [-0.1, -0.05) is 35.9 Å². The fourth-order valence-corrected chi connectivity index (χ4v) is 3.37. The van der Waals surface area contributed by atoms with Gasteiger partial charge in [0, 0.05) is 17.8 Å². The van der Waals surface area contributed by atoms with E-state index in [2.05, 4.69) is 11.1 Å². The largest absolute Gasteiger partial charge is 0.330 e. The number of nitrogens with zero attached hydrogens (tertiary/aromatic N) is 4. The van der Waals surface area contributed by atoms with Gasteiger partial charge in [-0.25, -0.2) is 4.98 Å². The lowest BCUT2D eigenvalue weighted by Crippen LogP contribution is -2.42. The van der Waals surface area contributed by atoms with E-state index < -0.39 is 6.04 Å². The Morgan fingerprint density at radius 1 is 1.15 bits per heavy atom. The number of carbonyl (C=O) groups excluding carboxylic acids is 1. The summed E-state index contributed by atoms with van der Waals surface area (Å²) in [6.07, 6.45) is 3.48. The van der Waals surface area contributed by atoms with E-state index in [0.717, 1.165) is 16.8 Å². The van der Waals surface area contributed by atoms with Gasteiger partial charge in [0.15, 0.2) is 0 Å². The molecule has 0 spiro atoms. The first-order valence-corrected chi connectivity index (χ1v) is 8.57. The summed E-state index contributed by atoms with van der Waals surface area (Å²) in [4.78, 5) is 19.2. The number of rotatable bonds is 3. The predicted octanol–water partition coefficient (Wildman–Crippen LogP) is 3.54. The van der Waals surface area contributed by atoms with Gasteiger partial charge < -0.3 is 9.47 Å². The second-order valence-electron chi connectivity index (χ2n) is 6.25. The zero-order valence-corrected chi connectivity index (χ0v) is 14.6. The number of hydrogen-bond acceptors (Lipinski definition) is 3. The van der Waals surface area contributed by atoms with Crippen LogP contribution in [0.25, 0.3) is 0 Å². The second kappa shape index (κ2) is 6.66. The highest BCUT2D eigenvalue weighted by molar-refractivity contribution is 6.30. The van der Waals surface area contributed by atoms with Gasteiger partial charge in [0.25, 0.3) is 5.91 Å². The van der Waals surface area contributed by atoms with Crippen LogP contribution in [-0.2, 0) is 17.9 Å². The maximum absolute atomic E-state index is 13.2. The standard InChI is InChI=1S/C20H15ClN4O/c21-17-7-3-15(4-8-17)11-24-12-18-10-23-13-25(18)19(20(24)26)16-5-1-14(9-22)2-6-16/h1-8,10,13,19H,11-12H2. The molecule has 0 saturated heterocycles. The number of imidazole rings is 1. The lowest BCUT2D eigenvalue weighted by molar-refractivity contribution is -0.136. The van der Waals surface area contributed by atoms with Crippen LogP contribution in [0.15, 0.2) is 61.1 Å². The zero-order valence-electron chi connectivity index (χ0n) is 13.8. The Balaban J connectivity index is 1.68. The summed E-state index contributed by atoms with van der Waals surface area (Å²) in [5.41, 5.74) is 3.41. The van der Waals surface area contributed by atoms with Gasteiger partial charge >= 0.3 is 0 Å². The molecule has 1 unspecified atom stereocenters. The van der Waals surface area contributed by atoms with Gasteiger partial charge in [0.05, 0.1) is 30.2 Å². The molecular formula is C20H15ClN4O. The SMILES string of the molecule is N#Cc1ccc(C2C(=O)N(Cc3ccc(Cl)cc3)Cc3cncn32)cc1. The van der Waals surface area contributed by atoms with Crippen LogP contribution in [0.2, 0.25) is 5.02 Å². The predicted molar refractivity (Wildman–Crippen MR) is 97.2 cm³/mol. The van der Waals surface area contributed by atoms with Crippen molar-refractivity contribution in [2.24, 2.45) is 0 Å². The average molecular weight is 363 g/mol. The third-order valence-corrected chi connectivity index (χ3v) is 4.82. The third kappa shape index (κ3) is 2.96. The lowest BCUT2D eigenvalue weighted by atomic mass is 10.0. The minimum atomic E-state index is -0.471. The van der Waals surface area contributed by atoms with E-state index >= 15 is 0 Å². The van der Waals surface area contributed by atoms with Crippen LogP contribution < -0.4 is 0 Å². The number of fused-ring (bicyclic) bond motifs is 1. The molecule has 3 aromatic rings. The van der Waals surface area contributed by atoms with Crippen molar-refractivity contribution in [3.8, 4) is 6.07 Å². The van der Waals surface area contributed by atoms with E-state index in [9.17, 15) is 4.79 Å². The fraction of sp³-hybridized carbons (Fsp3) is 0.150. The Morgan fingerprint density at radius 3 is 2.58 bits per heavy atom. The number of aromatic nitrogens is 2. The highest BCUT2D eigenvalue weighted by Crippen LogP contribution is 2.29. The Morgan fingerprint density at radius 2 is 1.88 bits per heavy atom. The van der Waals surface area contributed by atoms with Crippen LogP contribution in [0.1, 0.15) is 28.4 Å². The molecule has 26 heavy (non-hydrogen) atoms. The van der Waals surface area contributed by atoms with Crippen molar-refractivity contribution in [2.75, 3.05) is 0 Å². The molecule has 4 rings (SSSR count). The Labute approximate surface area is 156 Å². The molecule has 1 aromatic heterocycles. The summed E-state index contributed by atoms with van der Waals surface area (Å²) in [5, 5.41) is 9.66. The van der Waals surface area contributed by atoms with Crippen LogP contribution in [0.3, 0.4) is 0 Å². The highest BCUT2D eigenvalue weighted by Gasteiger charge is 2.34. The smallest absolute Gasteiger partial charge is 0.250 e. The van der Waals surface area contributed by atoms with Gasteiger partial charge in [0.2, 0.25) is 0 Å². The first-order chi connectivity index (χ1) is 12.7. The molecule has 0 N–H and O–H groups in total. The third-order valence-electron chi connectivity index (χ3n) is 4.57. The summed E-state index contributed by atoms with van der Waals surface area (Å²) in [5.74, 6) is 0.00941. The molecule has 6 heteroatoms. The zero-order chi connectivity index (χ0) is 18.1. The summed E-state index contributed by atoms with van der Waals surface area (Å²) in [6.45, 7) is 1.02. The fourth-order valence-electron chi connectivity index (χ4n) is 3.24. The Bertz CT molecular complexity index is 986. The van der Waals surface area contributed by atoms with Crippen LogP contribution in [0, 0.1) is 11.3 Å². The number of hydrogen-bond donors (Lipinski definition) is 0. The van der Waals surface area contributed by atoms with Crippen molar-refractivity contribution in [1.29, 1.82) is 5.26 Å². The molecule has 128 valence electrons. The van der Waals surface area contributed by atoms with E-state index in [0.29, 0.717) is 23.7 Å². The van der Waals surface area contributed by atoms with Crippen molar-refractivity contribution in [1.82, 2.24) is 14.5 Å². The van der Waals surface area contributed by atoms with E-state index in [4.69, 9.17) is 16.9 Å². The number of benzene rings is 2. The minimum absolute atomic E-state index is 0.00941. The van der Waals surface area contributed by atoms with Gasteiger partial charge in [-0.2, -0.15) is 5.26 Å². The molecule has 0 bridgehead atoms. The first kappa shape index (κ1) is 16.4. The maximum atomic E-state index is 13.2. The van der Waals surface area contributed by atoms with Crippen molar-refractivity contribution in [3.63, 3.8) is 0 Å². The normalized spacial score (nSPS) is 16.2. The molecule has 1 aliphatic heterocycles. The van der Waals surface area contributed by atoms with Crippen molar-refractivity contribution in [2.45, 2.75) is 19.1 Å². The molecule has 1 aliphatic rings. The molecule has 0 aliphatic carbocycles. The number of nitriles is 1. The lowest BCUT2D eigenvalue weighted by Gasteiger charge is -2.34. The molecule has 0 fully saturated rings. The van der Waals surface area contributed by atoms with E-state index in [1.807, 2.05) is 45.9 Å². The minimum Gasteiger partial charge on any atom is -0.330 e. The van der Waals surface area contributed by atoms with Crippen molar-refractivity contribution >= 4 is 17.5 Å². The van der Waals surface area contributed by atoms with Crippen LogP contribution in [0.4, 0.5) is 0 Å². The Kier molecular flexibility index (Phi) is 4.19. The van der Waals surface area contributed by atoms with E-state index in [-0.39, 0.29) is 5.91 Å². The maximum Gasteiger partial charge on any atom is 0.250 e. The average Bonchev–Trinajstić information content (AvgIpc) is 3.12. The Hall–Kier alpha value is -3.10. The molecular weight excluding hydrogens is 348 g/mol. The molecule has 2 aromatic carbocycles. The van der Waals surface area contributed by atoms with E-state index in [1.165, 1.54) is 0 Å². The van der Waals surface area contributed by atoms with Gasteiger partial charge in [-0.3, -0.25) is 4.79 Å². The highest BCUT2D eigenvalue weighted by atomic mass is 35.5. The molecule has 1 atom stereocenters. The molecule has 0 radical (unpaired) electrons. The molecule has 5 nitrogen and oxygen atoms in total. The summed E-state index contributed by atoms with van der Waals surface area (Å²) < 4.78 is 1.90. The monoisotopic (exact) mass is 362 g/mol. The second-order valence-corrected chi connectivity index (χ2v) is 6.69. The van der Waals surface area contributed by atoms with Crippen LogP contribution in [-0.4, -0.2) is 20.4 Å². The first-order valence-electron chi connectivity index (χ1n) is 8.20. The molecule has 1 amide bonds. The van der Waals surface area contributed by atoms with Crippen molar-refractivity contribution in [3.05, 3.63) is 88.5 Å². The summed E-state index contributed by atoms with van der Waals surface area (Å²) in [6, 6.07) is 16.3.